The quantitative estimate of drug-likeness (QED) is 0.0916. The number of nitrogens with two attached hydrogens (primary N) is 1. The van der Waals surface area contributed by atoms with Crippen molar-refractivity contribution in [3.63, 3.8) is 0 Å². The Bertz CT molecular complexity index is 1290. The van der Waals surface area contributed by atoms with Gasteiger partial charge in [0, 0.05) is 31.5 Å². The lowest BCUT2D eigenvalue weighted by Gasteiger charge is -2.26. The van der Waals surface area contributed by atoms with Gasteiger partial charge in [-0.1, -0.05) is 78.2 Å². The highest BCUT2D eigenvalue weighted by Gasteiger charge is 2.17. The Morgan fingerprint density at radius 2 is 1.80 bits per heavy atom. The van der Waals surface area contributed by atoms with Crippen molar-refractivity contribution < 1.29 is 19.4 Å². The van der Waals surface area contributed by atoms with Crippen molar-refractivity contribution in [3.8, 4) is 11.8 Å². The van der Waals surface area contributed by atoms with E-state index in [2.05, 4.69) is 33.9 Å². The van der Waals surface area contributed by atoms with Crippen LogP contribution in [-0.2, 0) is 16.0 Å². The van der Waals surface area contributed by atoms with Gasteiger partial charge in [-0.2, -0.15) is 0 Å². The van der Waals surface area contributed by atoms with E-state index in [-0.39, 0.29) is 5.69 Å². The van der Waals surface area contributed by atoms with Gasteiger partial charge in [0.2, 0.25) is 0 Å². The minimum Gasteiger partial charge on any atom is -0.461 e. The number of nitrogen functional groups attached to an aromatic ring is 1. The highest BCUT2D eigenvalue weighted by atomic mass is 35.5. The highest BCUT2D eigenvalue weighted by Crippen LogP contribution is 2.31. The Kier molecular flexibility index (Phi) is 13.9. The summed E-state index contributed by atoms with van der Waals surface area (Å²) in [5, 5.41) is 11.6. The second kappa shape index (κ2) is 17.6. The molecule has 218 valence electrons. The number of benzene rings is 2. The summed E-state index contributed by atoms with van der Waals surface area (Å²) in [6, 6.07) is 16.9. The standard InChI is InChI=1S/C32H37Cl2N3O4/c1-2-41-32(39)29-19-24(14-15-36-29)13-10-18-40-17-9-4-3-8-16-37(22-25-11-6-5-7-12-25)23-30(38)26-20-27(33)31(35)28(34)21-26/h5-7,11-12,14-15,19-21,30,38H,2-4,8-9,16-18,22-23,35H2,1H3. The molecule has 1 aromatic heterocycles. The Labute approximate surface area is 252 Å². The van der Waals surface area contributed by atoms with Gasteiger partial charge in [-0.3, -0.25) is 4.90 Å². The number of hydrogen-bond donors (Lipinski definition) is 2. The molecule has 9 heteroatoms. The predicted octanol–water partition coefficient (Wildman–Crippen LogP) is 6.31. The first kappa shape index (κ1) is 32.4. The predicted molar refractivity (Wildman–Crippen MR) is 164 cm³/mol. The number of halogens is 2. The van der Waals surface area contributed by atoms with Gasteiger partial charge in [0.05, 0.1) is 28.4 Å². The molecule has 1 heterocycles. The van der Waals surface area contributed by atoms with Crippen molar-refractivity contribution in [1.82, 2.24) is 9.88 Å². The summed E-state index contributed by atoms with van der Waals surface area (Å²) in [6.45, 7) is 5.02. The molecule has 0 saturated heterocycles. The molecule has 0 bridgehead atoms. The lowest BCUT2D eigenvalue weighted by Crippen LogP contribution is -2.29. The molecule has 41 heavy (non-hydrogen) atoms. The van der Waals surface area contributed by atoms with Crippen LogP contribution < -0.4 is 5.73 Å². The Balaban J connectivity index is 1.39. The van der Waals surface area contributed by atoms with Gasteiger partial charge in [-0.15, -0.1) is 0 Å². The monoisotopic (exact) mass is 597 g/mol. The fraction of sp³-hybridized carbons (Fsp3) is 0.375. The van der Waals surface area contributed by atoms with E-state index in [9.17, 15) is 9.90 Å². The fourth-order valence-corrected chi connectivity index (χ4v) is 4.71. The molecule has 7 nitrogen and oxygen atoms in total. The van der Waals surface area contributed by atoms with E-state index in [1.807, 2.05) is 18.2 Å². The lowest BCUT2D eigenvalue weighted by molar-refractivity contribution is 0.0519. The molecule has 3 rings (SSSR count). The number of aliphatic hydroxyl groups excluding tert-OH is 1. The summed E-state index contributed by atoms with van der Waals surface area (Å²) in [7, 11) is 0. The molecule has 3 aromatic rings. The highest BCUT2D eigenvalue weighted by molar-refractivity contribution is 6.38. The largest absolute Gasteiger partial charge is 0.461 e. The zero-order chi connectivity index (χ0) is 29.5. The van der Waals surface area contributed by atoms with Gasteiger partial charge in [0.15, 0.2) is 0 Å². The number of unbranched alkanes of at least 4 members (excludes halogenated alkanes) is 3. The van der Waals surface area contributed by atoms with Crippen molar-refractivity contribution >= 4 is 34.9 Å². The maximum atomic E-state index is 11.8. The van der Waals surface area contributed by atoms with E-state index in [0.29, 0.717) is 53.2 Å². The summed E-state index contributed by atoms with van der Waals surface area (Å²) in [5.74, 6) is 5.51. The molecule has 0 amide bonds. The van der Waals surface area contributed by atoms with Crippen LogP contribution in [-0.4, -0.2) is 53.9 Å². The molecule has 3 N–H and O–H groups in total. The van der Waals surface area contributed by atoms with Crippen molar-refractivity contribution in [3.05, 3.63) is 93.2 Å². The first-order chi connectivity index (χ1) is 19.9. The third-order valence-electron chi connectivity index (χ3n) is 6.33. The molecule has 0 aliphatic rings. The molecule has 2 aromatic carbocycles. The van der Waals surface area contributed by atoms with Gasteiger partial charge < -0.3 is 20.3 Å². The molecule has 0 aliphatic heterocycles. The average Bonchev–Trinajstić information content (AvgIpc) is 2.97. The van der Waals surface area contributed by atoms with E-state index < -0.39 is 12.1 Å². The molecule has 0 radical (unpaired) electrons. The summed E-state index contributed by atoms with van der Waals surface area (Å²) in [6.07, 6.45) is 4.81. The van der Waals surface area contributed by atoms with E-state index in [4.69, 9.17) is 38.4 Å². The number of carbonyl (C=O) groups is 1. The molecular formula is C32H37Cl2N3O4. The van der Waals surface area contributed by atoms with Crippen LogP contribution in [0.25, 0.3) is 0 Å². The van der Waals surface area contributed by atoms with Crippen molar-refractivity contribution in [1.29, 1.82) is 0 Å². The Morgan fingerprint density at radius 3 is 2.54 bits per heavy atom. The van der Waals surface area contributed by atoms with E-state index in [1.54, 1.807) is 37.4 Å². The molecular weight excluding hydrogens is 561 g/mol. The molecule has 0 spiro atoms. The number of aliphatic hydroxyl groups is 1. The first-order valence-electron chi connectivity index (χ1n) is 13.8. The van der Waals surface area contributed by atoms with Gasteiger partial charge in [-0.05, 0) is 61.7 Å². The van der Waals surface area contributed by atoms with Gasteiger partial charge in [0.1, 0.15) is 12.3 Å². The van der Waals surface area contributed by atoms with Crippen LogP contribution in [0.4, 0.5) is 5.69 Å². The number of pyridine rings is 1. The minimum absolute atomic E-state index is 0.246. The van der Waals surface area contributed by atoms with Crippen LogP contribution in [0.15, 0.2) is 60.8 Å². The van der Waals surface area contributed by atoms with Gasteiger partial charge in [-0.25, -0.2) is 9.78 Å². The summed E-state index contributed by atoms with van der Waals surface area (Å²) in [5.41, 5.74) is 8.95. The molecule has 0 aliphatic carbocycles. The number of carbonyl (C=O) groups excluding carboxylic acids is 1. The smallest absolute Gasteiger partial charge is 0.356 e. The number of hydrogen-bond acceptors (Lipinski definition) is 7. The number of ether oxygens (including phenoxy) is 2. The van der Waals surface area contributed by atoms with E-state index in [1.165, 1.54) is 5.56 Å². The topological polar surface area (TPSA) is 97.9 Å². The Morgan fingerprint density at radius 1 is 1.07 bits per heavy atom. The van der Waals surface area contributed by atoms with Crippen LogP contribution in [0.5, 0.6) is 0 Å². The summed E-state index contributed by atoms with van der Waals surface area (Å²) < 4.78 is 10.6. The van der Waals surface area contributed by atoms with E-state index in [0.717, 1.165) is 38.8 Å². The fourth-order valence-electron chi connectivity index (χ4n) is 4.20. The van der Waals surface area contributed by atoms with Crippen LogP contribution in [0.3, 0.4) is 0 Å². The molecule has 0 saturated carbocycles. The first-order valence-corrected chi connectivity index (χ1v) is 14.5. The normalized spacial score (nSPS) is 11.6. The zero-order valence-corrected chi connectivity index (χ0v) is 24.8. The maximum Gasteiger partial charge on any atom is 0.356 e. The molecule has 0 fully saturated rings. The lowest BCUT2D eigenvalue weighted by atomic mass is 10.1. The maximum absolute atomic E-state index is 11.8. The number of aromatic nitrogens is 1. The van der Waals surface area contributed by atoms with Crippen LogP contribution >= 0.6 is 23.2 Å². The Hall–Kier alpha value is -3.12. The minimum atomic E-state index is -0.743. The van der Waals surface area contributed by atoms with Gasteiger partial charge in [0.25, 0.3) is 0 Å². The summed E-state index contributed by atoms with van der Waals surface area (Å²) >= 11 is 12.4. The van der Waals surface area contributed by atoms with Crippen LogP contribution in [0.2, 0.25) is 10.0 Å². The van der Waals surface area contributed by atoms with E-state index >= 15 is 0 Å². The SMILES string of the molecule is CCOC(=O)c1cc(C#CCOCCCCCCN(Cc2ccccc2)CC(O)c2cc(Cl)c(N)c(Cl)c2)ccn1. The average molecular weight is 599 g/mol. The number of rotatable bonds is 15. The third-order valence-corrected chi connectivity index (χ3v) is 6.96. The van der Waals surface area contributed by atoms with Crippen molar-refractivity contribution in [2.24, 2.45) is 0 Å². The summed E-state index contributed by atoms with van der Waals surface area (Å²) in [4.78, 5) is 18.1. The van der Waals surface area contributed by atoms with Gasteiger partial charge >= 0.3 is 5.97 Å². The number of anilines is 1. The second-order valence-electron chi connectivity index (χ2n) is 9.55. The third kappa shape index (κ3) is 11.3. The second-order valence-corrected chi connectivity index (χ2v) is 10.4. The number of nitrogens with zero attached hydrogens (tertiary/aromatic N) is 2. The molecule has 1 unspecified atom stereocenters. The zero-order valence-electron chi connectivity index (χ0n) is 23.3. The van der Waals surface area contributed by atoms with Crippen molar-refractivity contribution in [2.45, 2.75) is 45.3 Å². The van der Waals surface area contributed by atoms with Crippen LogP contribution in [0, 0.1) is 11.8 Å². The van der Waals surface area contributed by atoms with Crippen LogP contribution in [0.1, 0.15) is 65.9 Å². The molecule has 1 atom stereocenters. The van der Waals surface area contributed by atoms with Crippen molar-refractivity contribution in [2.75, 3.05) is 38.6 Å². The number of esters is 1.